The van der Waals surface area contributed by atoms with Crippen molar-refractivity contribution in [3.63, 3.8) is 0 Å². The van der Waals surface area contributed by atoms with E-state index in [1.54, 1.807) is 4.68 Å². The van der Waals surface area contributed by atoms with Crippen LogP contribution in [0.15, 0.2) is 0 Å². The summed E-state index contributed by atoms with van der Waals surface area (Å²) in [7, 11) is 1.84. The van der Waals surface area contributed by atoms with Gasteiger partial charge < -0.3 is 10.4 Å². The fraction of sp³-hybridized carbons (Fsp3) is 0.727. The zero-order chi connectivity index (χ0) is 12.3. The highest BCUT2D eigenvalue weighted by Crippen LogP contribution is 2.24. The molecule has 0 aliphatic carbocycles. The summed E-state index contributed by atoms with van der Waals surface area (Å²) in [5.41, 5.74) is 2.05. The Morgan fingerprint density at radius 3 is 2.56 bits per heavy atom. The molecule has 0 aliphatic rings. The number of aliphatic hydroxyl groups excluding tert-OH is 1. The fourth-order valence-electron chi connectivity index (χ4n) is 1.54. The van der Waals surface area contributed by atoms with Crippen LogP contribution in [0.4, 0.5) is 0 Å². The normalized spacial score (nSPS) is 13.4. The van der Waals surface area contributed by atoms with Gasteiger partial charge in [0.2, 0.25) is 0 Å². The summed E-state index contributed by atoms with van der Waals surface area (Å²) in [5, 5.41) is 17.2. The number of hydrogen-bond acceptors (Lipinski definition) is 3. The third kappa shape index (κ3) is 2.97. The van der Waals surface area contributed by atoms with Crippen molar-refractivity contribution in [1.29, 1.82) is 0 Å². The van der Waals surface area contributed by atoms with Crippen molar-refractivity contribution in [2.24, 2.45) is 7.05 Å². The number of aromatic nitrogens is 2. The van der Waals surface area contributed by atoms with E-state index in [4.69, 9.17) is 16.7 Å². The molecule has 0 saturated heterocycles. The molecule has 5 heteroatoms. The van der Waals surface area contributed by atoms with Gasteiger partial charge >= 0.3 is 0 Å². The smallest absolute Gasteiger partial charge is 0.131 e. The second-order valence-electron chi connectivity index (χ2n) is 4.40. The van der Waals surface area contributed by atoms with Crippen LogP contribution in [-0.4, -0.2) is 27.5 Å². The Morgan fingerprint density at radius 1 is 1.44 bits per heavy atom. The van der Waals surface area contributed by atoms with Crippen LogP contribution in [0.1, 0.15) is 37.9 Å². The average Bonchev–Trinajstić information content (AvgIpc) is 2.53. The maximum absolute atomic E-state index is 8.95. The molecule has 1 aromatic heterocycles. The van der Waals surface area contributed by atoms with Crippen molar-refractivity contribution in [2.45, 2.75) is 39.3 Å². The van der Waals surface area contributed by atoms with Crippen LogP contribution in [0, 0.1) is 0 Å². The van der Waals surface area contributed by atoms with E-state index in [-0.39, 0.29) is 12.6 Å². The number of rotatable bonds is 5. The quantitative estimate of drug-likeness (QED) is 0.830. The molecule has 4 nitrogen and oxygen atoms in total. The van der Waals surface area contributed by atoms with Crippen molar-refractivity contribution in [1.82, 2.24) is 15.1 Å². The zero-order valence-electron chi connectivity index (χ0n) is 10.3. The van der Waals surface area contributed by atoms with Crippen LogP contribution in [0.25, 0.3) is 0 Å². The molecule has 1 heterocycles. The van der Waals surface area contributed by atoms with Crippen LogP contribution in [0.5, 0.6) is 0 Å². The summed E-state index contributed by atoms with van der Waals surface area (Å²) >= 11 is 6.18. The molecule has 0 radical (unpaired) electrons. The lowest BCUT2D eigenvalue weighted by atomic mass is 10.1. The molecule has 0 bridgehead atoms. The van der Waals surface area contributed by atoms with Gasteiger partial charge in [-0.3, -0.25) is 4.68 Å². The van der Waals surface area contributed by atoms with Crippen LogP contribution >= 0.6 is 11.6 Å². The second-order valence-corrected chi connectivity index (χ2v) is 4.76. The van der Waals surface area contributed by atoms with E-state index in [1.165, 1.54) is 0 Å². The molecule has 1 rings (SSSR count). The summed E-state index contributed by atoms with van der Waals surface area (Å²) < 4.78 is 1.69. The first-order valence-electron chi connectivity index (χ1n) is 5.52. The number of halogens is 1. The third-order valence-corrected chi connectivity index (χ3v) is 3.02. The molecule has 2 N–H and O–H groups in total. The monoisotopic (exact) mass is 245 g/mol. The summed E-state index contributed by atoms with van der Waals surface area (Å²) in [6.45, 7) is 6.88. The van der Waals surface area contributed by atoms with Gasteiger partial charge in [0.05, 0.1) is 12.3 Å². The Bertz CT molecular complexity index is 349. The van der Waals surface area contributed by atoms with Gasteiger partial charge in [0, 0.05) is 25.2 Å². The number of hydrogen-bond donors (Lipinski definition) is 2. The summed E-state index contributed by atoms with van der Waals surface area (Å²) in [6, 6.07) is 0.0660. The van der Waals surface area contributed by atoms with Gasteiger partial charge in [-0.15, -0.1) is 0 Å². The molecule has 0 spiro atoms. The first-order valence-corrected chi connectivity index (χ1v) is 5.90. The van der Waals surface area contributed by atoms with E-state index >= 15 is 0 Å². The van der Waals surface area contributed by atoms with Gasteiger partial charge in [0.25, 0.3) is 0 Å². The molecule has 1 aromatic rings. The van der Waals surface area contributed by atoms with E-state index < -0.39 is 0 Å². The van der Waals surface area contributed by atoms with Crippen molar-refractivity contribution >= 4 is 11.6 Å². The molecular weight excluding hydrogens is 226 g/mol. The molecule has 92 valence electrons. The largest absolute Gasteiger partial charge is 0.395 e. The fourth-order valence-corrected chi connectivity index (χ4v) is 1.74. The van der Waals surface area contributed by atoms with Crippen LogP contribution < -0.4 is 5.32 Å². The highest BCUT2D eigenvalue weighted by Gasteiger charge is 2.17. The minimum atomic E-state index is 0.0660. The molecule has 1 atom stereocenters. The first kappa shape index (κ1) is 13.5. The van der Waals surface area contributed by atoms with Crippen molar-refractivity contribution in [2.75, 3.05) is 6.61 Å². The Kier molecular flexibility index (Phi) is 4.77. The Labute approximate surface area is 102 Å². The standard InChI is InChI=1S/C11H20ClN3O/c1-7(2)10-9(5-13-8(3)6-16)11(12)15(4)14-10/h7-8,13,16H,5-6H2,1-4H3/t8-/m0/s1. The van der Waals surface area contributed by atoms with Crippen LogP contribution in [-0.2, 0) is 13.6 Å². The van der Waals surface area contributed by atoms with E-state index in [9.17, 15) is 0 Å². The topological polar surface area (TPSA) is 50.1 Å². The summed E-state index contributed by atoms with van der Waals surface area (Å²) in [6.07, 6.45) is 0. The van der Waals surface area contributed by atoms with Gasteiger partial charge in [-0.25, -0.2) is 0 Å². The second kappa shape index (κ2) is 5.66. The van der Waals surface area contributed by atoms with Gasteiger partial charge in [0.1, 0.15) is 5.15 Å². The Hall–Kier alpha value is -0.580. The van der Waals surface area contributed by atoms with Crippen molar-refractivity contribution in [3.8, 4) is 0 Å². The van der Waals surface area contributed by atoms with Gasteiger partial charge in [0.15, 0.2) is 0 Å². The highest BCUT2D eigenvalue weighted by atomic mass is 35.5. The lowest BCUT2D eigenvalue weighted by Crippen LogP contribution is -2.29. The zero-order valence-corrected chi connectivity index (χ0v) is 11.0. The minimum absolute atomic E-state index is 0.0660. The minimum Gasteiger partial charge on any atom is -0.395 e. The maximum Gasteiger partial charge on any atom is 0.131 e. The molecule has 0 aromatic carbocycles. The number of aryl methyl sites for hydroxylation is 1. The van der Waals surface area contributed by atoms with Gasteiger partial charge in [-0.2, -0.15) is 5.10 Å². The number of nitrogens with zero attached hydrogens (tertiary/aromatic N) is 2. The summed E-state index contributed by atoms with van der Waals surface area (Å²) in [4.78, 5) is 0. The summed E-state index contributed by atoms with van der Waals surface area (Å²) in [5.74, 6) is 0.347. The van der Waals surface area contributed by atoms with E-state index in [1.807, 2.05) is 14.0 Å². The van der Waals surface area contributed by atoms with Crippen LogP contribution in [0.2, 0.25) is 5.15 Å². The van der Waals surface area contributed by atoms with Gasteiger partial charge in [-0.05, 0) is 12.8 Å². The van der Waals surface area contributed by atoms with Gasteiger partial charge in [-0.1, -0.05) is 25.4 Å². The molecular formula is C11H20ClN3O. The molecule has 0 amide bonds. The molecule has 0 fully saturated rings. The molecule has 0 aliphatic heterocycles. The number of nitrogens with one attached hydrogen (secondary N) is 1. The van der Waals surface area contributed by atoms with Crippen molar-refractivity contribution in [3.05, 3.63) is 16.4 Å². The van der Waals surface area contributed by atoms with E-state index in [2.05, 4.69) is 24.3 Å². The molecule has 0 unspecified atom stereocenters. The van der Waals surface area contributed by atoms with Crippen molar-refractivity contribution < 1.29 is 5.11 Å². The molecule has 16 heavy (non-hydrogen) atoms. The lowest BCUT2D eigenvalue weighted by molar-refractivity contribution is 0.251. The average molecular weight is 246 g/mol. The third-order valence-electron chi connectivity index (χ3n) is 2.55. The lowest BCUT2D eigenvalue weighted by Gasteiger charge is -2.11. The first-order chi connectivity index (χ1) is 7.47. The van der Waals surface area contributed by atoms with Crippen LogP contribution in [0.3, 0.4) is 0 Å². The maximum atomic E-state index is 8.95. The Morgan fingerprint density at radius 2 is 2.06 bits per heavy atom. The number of aliphatic hydroxyl groups is 1. The van der Waals surface area contributed by atoms with E-state index in [0.29, 0.717) is 17.6 Å². The molecule has 0 saturated carbocycles. The predicted molar refractivity (Wildman–Crippen MR) is 65.7 cm³/mol. The van der Waals surface area contributed by atoms with E-state index in [0.717, 1.165) is 11.3 Å². The Balaban J connectivity index is 2.85. The SMILES string of the molecule is CC(C)c1nn(C)c(Cl)c1CN[C@@H](C)CO. The predicted octanol–water partition coefficient (Wildman–Crippen LogP) is 1.67. The highest BCUT2D eigenvalue weighted by molar-refractivity contribution is 6.30.